The zero-order valence-electron chi connectivity index (χ0n) is 11.5. The smallest absolute Gasteiger partial charge is 0.327 e. The van der Waals surface area contributed by atoms with Gasteiger partial charge in [-0.05, 0) is 12.8 Å². The topological polar surface area (TPSA) is 118 Å². The summed E-state index contributed by atoms with van der Waals surface area (Å²) in [6, 6.07) is -1.87. The van der Waals surface area contributed by atoms with E-state index >= 15 is 0 Å². The standard InChI is InChI=1S/C11H20N2O5S2/c1-3-9-13(8(6-19-9)11(15)16)10(14)7(12)4-5-20(2,17)18/h7-9H,3-6,12H2,1-2H3,(H,15,16). The number of nitrogens with two attached hydrogens (primary N) is 1. The first-order valence-corrected chi connectivity index (χ1v) is 9.38. The largest absolute Gasteiger partial charge is 0.480 e. The van der Waals surface area contributed by atoms with E-state index in [1.165, 1.54) is 16.7 Å². The highest BCUT2D eigenvalue weighted by molar-refractivity contribution is 8.00. The summed E-state index contributed by atoms with van der Waals surface area (Å²) >= 11 is 1.41. The van der Waals surface area contributed by atoms with Gasteiger partial charge in [0.25, 0.3) is 0 Å². The fourth-order valence-corrected chi connectivity index (χ4v) is 4.06. The van der Waals surface area contributed by atoms with E-state index in [9.17, 15) is 18.0 Å². The zero-order chi connectivity index (χ0) is 15.5. The Hall–Kier alpha value is -0.800. The summed E-state index contributed by atoms with van der Waals surface area (Å²) in [5, 5.41) is 8.93. The molecule has 1 rings (SSSR count). The minimum atomic E-state index is -3.20. The van der Waals surface area contributed by atoms with E-state index in [2.05, 4.69) is 0 Å². The summed E-state index contributed by atoms with van der Waals surface area (Å²) in [7, 11) is -3.20. The van der Waals surface area contributed by atoms with Crippen molar-refractivity contribution in [2.75, 3.05) is 17.8 Å². The Balaban J connectivity index is 2.78. The molecule has 0 aliphatic carbocycles. The number of hydrogen-bond donors (Lipinski definition) is 2. The van der Waals surface area contributed by atoms with Crippen LogP contribution in [-0.2, 0) is 19.4 Å². The van der Waals surface area contributed by atoms with E-state index in [1.807, 2.05) is 6.92 Å². The Morgan fingerprint density at radius 1 is 1.50 bits per heavy atom. The van der Waals surface area contributed by atoms with Gasteiger partial charge in [-0.15, -0.1) is 11.8 Å². The Morgan fingerprint density at radius 3 is 2.55 bits per heavy atom. The molecule has 0 saturated carbocycles. The second kappa shape index (κ2) is 6.77. The third kappa shape index (κ3) is 4.35. The summed E-state index contributed by atoms with van der Waals surface area (Å²) in [4.78, 5) is 24.7. The van der Waals surface area contributed by atoms with Crippen molar-refractivity contribution in [3.63, 3.8) is 0 Å². The van der Waals surface area contributed by atoms with Crippen LogP contribution in [0, 0.1) is 0 Å². The van der Waals surface area contributed by atoms with Crippen molar-refractivity contribution in [2.45, 2.75) is 37.2 Å². The molecule has 0 aromatic rings. The third-order valence-electron chi connectivity index (χ3n) is 3.10. The number of nitrogens with zero attached hydrogens (tertiary/aromatic N) is 1. The zero-order valence-corrected chi connectivity index (χ0v) is 13.1. The molecule has 1 heterocycles. The first kappa shape index (κ1) is 17.3. The van der Waals surface area contributed by atoms with Gasteiger partial charge in [0, 0.05) is 12.0 Å². The van der Waals surface area contributed by atoms with Crippen molar-refractivity contribution in [2.24, 2.45) is 5.73 Å². The first-order chi connectivity index (χ1) is 9.17. The lowest BCUT2D eigenvalue weighted by molar-refractivity contribution is -0.149. The van der Waals surface area contributed by atoms with E-state index in [-0.39, 0.29) is 17.5 Å². The number of carboxylic acid groups (broad SMARTS) is 1. The summed E-state index contributed by atoms with van der Waals surface area (Å²) in [6.07, 6.45) is 1.70. The predicted octanol–water partition coefficient (Wildman–Crippen LogP) is -0.487. The van der Waals surface area contributed by atoms with Crippen LogP contribution in [0.1, 0.15) is 19.8 Å². The van der Waals surface area contributed by atoms with Crippen LogP contribution in [0.5, 0.6) is 0 Å². The molecule has 116 valence electrons. The number of rotatable bonds is 6. The van der Waals surface area contributed by atoms with E-state index in [4.69, 9.17) is 10.8 Å². The van der Waals surface area contributed by atoms with E-state index in [0.717, 1.165) is 6.26 Å². The van der Waals surface area contributed by atoms with Gasteiger partial charge in [0.2, 0.25) is 5.91 Å². The molecule has 3 unspecified atom stereocenters. The van der Waals surface area contributed by atoms with Gasteiger partial charge in [0.15, 0.2) is 0 Å². The van der Waals surface area contributed by atoms with Crippen LogP contribution in [-0.4, -0.2) is 65.5 Å². The van der Waals surface area contributed by atoms with Crippen LogP contribution in [0.2, 0.25) is 0 Å². The Kier molecular flexibility index (Phi) is 5.84. The third-order valence-corrected chi connectivity index (χ3v) is 5.53. The number of carbonyl (C=O) groups is 2. The quantitative estimate of drug-likeness (QED) is 0.677. The molecule has 0 radical (unpaired) electrons. The first-order valence-electron chi connectivity index (χ1n) is 6.27. The molecule has 1 aliphatic rings. The van der Waals surface area contributed by atoms with Gasteiger partial charge >= 0.3 is 5.97 Å². The number of thioether (sulfide) groups is 1. The van der Waals surface area contributed by atoms with Gasteiger partial charge < -0.3 is 15.7 Å². The van der Waals surface area contributed by atoms with Gasteiger partial charge in [0.05, 0.1) is 17.2 Å². The summed E-state index contributed by atoms with van der Waals surface area (Å²) < 4.78 is 22.2. The van der Waals surface area contributed by atoms with Crippen LogP contribution < -0.4 is 5.73 Å². The molecule has 0 aromatic heterocycles. The number of hydrogen-bond acceptors (Lipinski definition) is 6. The van der Waals surface area contributed by atoms with Crippen LogP contribution in [0.4, 0.5) is 0 Å². The molecular formula is C11H20N2O5S2. The maximum atomic E-state index is 12.3. The maximum Gasteiger partial charge on any atom is 0.327 e. The molecule has 1 aliphatic heterocycles. The van der Waals surface area contributed by atoms with Crippen molar-refractivity contribution in [1.29, 1.82) is 0 Å². The Bertz CT molecular complexity index is 479. The summed E-state index contributed by atoms with van der Waals surface area (Å²) in [5.74, 6) is -1.40. The SMILES string of the molecule is CCC1SCC(C(=O)O)N1C(=O)C(N)CCS(C)(=O)=O. The highest BCUT2D eigenvalue weighted by Crippen LogP contribution is 2.31. The van der Waals surface area contributed by atoms with Crippen LogP contribution in [0.3, 0.4) is 0 Å². The lowest BCUT2D eigenvalue weighted by Crippen LogP contribution is -2.52. The lowest BCUT2D eigenvalue weighted by atomic mass is 10.1. The van der Waals surface area contributed by atoms with Crippen molar-refractivity contribution in [3.05, 3.63) is 0 Å². The van der Waals surface area contributed by atoms with Crippen LogP contribution in [0.15, 0.2) is 0 Å². The molecule has 3 N–H and O–H groups in total. The molecule has 9 heteroatoms. The van der Waals surface area contributed by atoms with Crippen molar-refractivity contribution in [3.8, 4) is 0 Å². The summed E-state index contributed by atoms with van der Waals surface area (Å²) in [5.41, 5.74) is 5.73. The van der Waals surface area contributed by atoms with Crippen molar-refractivity contribution >= 4 is 33.5 Å². The molecule has 0 spiro atoms. The lowest BCUT2D eigenvalue weighted by Gasteiger charge is -2.29. The number of amides is 1. The van der Waals surface area contributed by atoms with Crippen molar-refractivity contribution < 1.29 is 23.1 Å². The molecule has 3 atom stereocenters. The van der Waals surface area contributed by atoms with Gasteiger partial charge in [-0.3, -0.25) is 4.79 Å². The molecule has 0 aromatic carbocycles. The predicted molar refractivity (Wildman–Crippen MR) is 77.1 cm³/mol. The molecule has 1 saturated heterocycles. The normalized spacial score (nSPS) is 24.6. The molecule has 20 heavy (non-hydrogen) atoms. The molecule has 0 bridgehead atoms. The fraction of sp³-hybridized carbons (Fsp3) is 0.818. The highest BCUT2D eigenvalue weighted by Gasteiger charge is 2.42. The second-order valence-corrected chi connectivity index (χ2v) is 8.29. The van der Waals surface area contributed by atoms with Gasteiger partial charge in [0.1, 0.15) is 15.9 Å². The maximum absolute atomic E-state index is 12.3. The molecular weight excluding hydrogens is 304 g/mol. The van der Waals surface area contributed by atoms with Gasteiger partial charge in [-0.25, -0.2) is 13.2 Å². The van der Waals surface area contributed by atoms with E-state index in [1.54, 1.807) is 0 Å². The second-order valence-electron chi connectivity index (χ2n) is 4.82. The average molecular weight is 324 g/mol. The average Bonchev–Trinajstić information content (AvgIpc) is 2.77. The fourth-order valence-electron chi connectivity index (χ4n) is 2.02. The van der Waals surface area contributed by atoms with Gasteiger partial charge in [-0.1, -0.05) is 6.92 Å². The molecule has 1 fully saturated rings. The van der Waals surface area contributed by atoms with E-state index in [0.29, 0.717) is 12.2 Å². The number of aliphatic carboxylic acids is 1. The molecule has 1 amide bonds. The highest BCUT2D eigenvalue weighted by atomic mass is 32.2. The minimum Gasteiger partial charge on any atom is -0.480 e. The van der Waals surface area contributed by atoms with Crippen molar-refractivity contribution in [1.82, 2.24) is 4.90 Å². The Morgan fingerprint density at radius 2 is 2.10 bits per heavy atom. The summed E-state index contributed by atoms with van der Waals surface area (Å²) in [6.45, 7) is 1.87. The van der Waals surface area contributed by atoms with E-state index < -0.39 is 33.8 Å². The Labute approximate surface area is 122 Å². The van der Waals surface area contributed by atoms with Crippen LogP contribution >= 0.6 is 11.8 Å². The van der Waals surface area contributed by atoms with Gasteiger partial charge in [-0.2, -0.15) is 0 Å². The number of sulfone groups is 1. The molecule has 7 nitrogen and oxygen atoms in total. The number of carboxylic acids is 1. The minimum absolute atomic E-state index is 0.00159. The van der Waals surface area contributed by atoms with Crippen LogP contribution in [0.25, 0.3) is 0 Å². The number of carbonyl (C=O) groups excluding carboxylic acids is 1. The monoisotopic (exact) mass is 324 g/mol.